The van der Waals surface area contributed by atoms with Crippen LogP contribution in [0.15, 0.2) is 47.5 Å². The summed E-state index contributed by atoms with van der Waals surface area (Å²) in [5.41, 5.74) is 3.53. The molecule has 0 fully saturated rings. The zero-order valence-electron chi connectivity index (χ0n) is 17.1. The molecule has 0 aliphatic heterocycles. The number of aromatic nitrogens is 2. The molecule has 0 N–H and O–H groups in total. The molecule has 0 unspecified atom stereocenters. The van der Waals surface area contributed by atoms with Gasteiger partial charge in [0.1, 0.15) is 5.03 Å². The van der Waals surface area contributed by atoms with Crippen molar-refractivity contribution >= 4 is 28.7 Å². The third-order valence-electron chi connectivity index (χ3n) is 4.59. The van der Waals surface area contributed by atoms with E-state index in [1.807, 2.05) is 61.2 Å². The van der Waals surface area contributed by atoms with Gasteiger partial charge in [-0.2, -0.15) is 0 Å². The van der Waals surface area contributed by atoms with E-state index in [0.29, 0.717) is 30.3 Å². The third-order valence-corrected chi connectivity index (χ3v) is 5.64. The average Bonchev–Trinajstić information content (AvgIpc) is 2.75. The van der Waals surface area contributed by atoms with Crippen molar-refractivity contribution in [2.75, 3.05) is 26.5 Å². The standard InChI is InChI=1S/C22H25N3O3S/c1-5-25(13-16-10-11-19(27-3)20(12-16)28-4)21(26)14-29-22-15(2)23-17-8-6-7-9-18(17)24-22/h6-12H,5,13-14H2,1-4H3. The molecule has 1 heterocycles. The highest BCUT2D eigenvalue weighted by molar-refractivity contribution is 7.99. The maximum absolute atomic E-state index is 12.8. The number of benzene rings is 2. The summed E-state index contributed by atoms with van der Waals surface area (Å²) in [6, 6.07) is 13.5. The summed E-state index contributed by atoms with van der Waals surface area (Å²) in [5.74, 6) is 1.70. The number of methoxy groups -OCH3 is 2. The number of amides is 1. The maximum atomic E-state index is 12.8. The number of thioether (sulfide) groups is 1. The molecule has 0 atom stereocenters. The van der Waals surface area contributed by atoms with Crippen LogP contribution in [0.1, 0.15) is 18.2 Å². The lowest BCUT2D eigenvalue weighted by Gasteiger charge is -2.21. The highest BCUT2D eigenvalue weighted by atomic mass is 32.2. The third kappa shape index (κ3) is 4.98. The number of rotatable bonds is 8. The van der Waals surface area contributed by atoms with E-state index < -0.39 is 0 Å². The molecule has 1 aromatic heterocycles. The Morgan fingerprint density at radius 3 is 2.38 bits per heavy atom. The number of nitrogens with zero attached hydrogens (tertiary/aromatic N) is 3. The number of carbonyl (C=O) groups is 1. The molecule has 0 saturated carbocycles. The van der Waals surface area contributed by atoms with Crippen molar-refractivity contribution in [3.8, 4) is 11.5 Å². The van der Waals surface area contributed by atoms with Crippen molar-refractivity contribution in [1.29, 1.82) is 0 Å². The Kier molecular flexibility index (Phi) is 6.93. The van der Waals surface area contributed by atoms with Gasteiger partial charge in [-0.1, -0.05) is 30.0 Å². The minimum atomic E-state index is 0.0571. The predicted octanol–water partition coefficient (Wildman–Crippen LogP) is 4.10. The topological polar surface area (TPSA) is 64.6 Å². The molecule has 0 aliphatic rings. The predicted molar refractivity (Wildman–Crippen MR) is 116 cm³/mol. The van der Waals surface area contributed by atoms with Crippen LogP contribution in [0.2, 0.25) is 0 Å². The zero-order valence-corrected chi connectivity index (χ0v) is 18.0. The van der Waals surface area contributed by atoms with Gasteiger partial charge in [-0.25, -0.2) is 9.97 Å². The summed E-state index contributed by atoms with van der Waals surface area (Å²) in [5, 5.41) is 0.791. The maximum Gasteiger partial charge on any atom is 0.233 e. The molecule has 3 rings (SSSR count). The molecule has 3 aromatic rings. The highest BCUT2D eigenvalue weighted by Gasteiger charge is 2.16. The average molecular weight is 412 g/mol. The first kappa shape index (κ1) is 20.9. The van der Waals surface area contributed by atoms with Crippen molar-refractivity contribution in [3.63, 3.8) is 0 Å². The lowest BCUT2D eigenvalue weighted by molar-refractivity contribution is -0.128. The van der Waals surface area contributed by atoms with Gasteiger partial charge in [-0.15, -0.1) is 0 Å². The molecular weight excluding hydrogens is 386 g/mol. The molecule has 1 amide bonds. The van der Waals surface area contributed by atoms with Gasteiger partial charge in [-0.3, -0.25) is 4.79 Å². The molecule has 0 spiro atoms. The first-order valence-corrected chi connectivity index (χ1v) is 10.4. The fraction of sp³-hybridized carbons (Fsp3) is 0.318. The fourth-order valence-corrected chi connectivity index (χ4v) is 3.87. The fourth-order valence-electron chi connectivity index (χ4n) is 3.01. The van der Waals surface area contributed by atoms with Crippen molar-refractivity contribution in [2.24, 2.45) is 0 Å². The van der Waals surface area contributed by atoms with Crippen LogP contribution in [0.3, 0.4) is 0 Å². The van der Waals surface area contributed by atoms with Gasteiger partial charge < -0.3 is 14.4 Å². The van der Waals surface area contributed by atoms with Gasteiger partial charge in [0.15, 0.2) is 11.5 Å². The van der Waals surface area contributed by atoms with Crippen molar-refractivity contribution in [2.45, 2.75) is 25.4 Å². The van der Waals surface area contributed by atoms with Crippen molar-refractivity contribution in [1.82, 2.24) is 14.9 Å². The van der Waals surface area contributed by atoms with Gasteiger partial charge in [0.05, 0.1) is 36.7 Å². The molecule has 152 valence electrons. The first-order chi connectivity index (χ1) is 14.0. The number of aryl methyl sites for hydroxylation is 1. The minimum absolute atomic E-state index is 0.0571. The van der Waals surface area contributed by atoms with Crippen LogP contribution in [-0.2, 0) is 11.3 Å². The van der Waals surface area contributed by atoms with E-state index in [4.69, 9.17) is 9.47 Å². The van der Waals surface area contributed by atoms with E-state index in [1.54, 1.807) is 14.2 Å². The van der Waals surface area contributed by atoms with Gasteiger partial charge in [0.25, 0.3) is 0 Å². The van der Waals surface area contributed by atoms with E-state index in [1.165, 1.54) is 11.8 Å². The number of ether oxygens (including phenoxy) is 2. The minimum Gasteiger partial charge on any atom is -0.493 e. The Balaban J connectivity index is 1.68. The smallest absolute Gasteiger partial charge is 0.233 e. The summed E-state index contributed by atoms with van der Waals surface area (Å²) >= 11 is 1.43. The Hall–Kier alpha value is -2.80. The second-order valence-electron chi connectivity index (χ2n) is 6.49. The molecule has 29 heavy (non-hydrogen) atoms. The van der Waals surface area contributed by atoms with Crippen LogP contribution >= 0.6 is 11.8 Å². The van der Waals surface area contributed by atoms with E-state index in [0.717, 1.165) is 27.3 Å². The number of hydrogen-bond donors (Lipinski definition) is 0. The highest BCUT2D eigenvalue weighted by Crippen LogP contribution is 2.28. The van der Waals surface area contributed by atoms with Crippen LogP contribution in [0.25, 0.3) is 11.0 Å². The SMILES string of the molecule is CCN(Cc1ccc(OC)c(OC)c1)C(=O)CSc1nc2ccccc2nc1C. The second-order valence-corrected chi connectivity index (χ2v) is 7.45. The summed E-state index contributed by atoms with van der Waals surface area (Å²) in [6.07, 6.45) is 0. The Labute approximate surface area is 175 Å². The summed E-state index contributed by atoms with van der Waals surface area (Å²) in [7, 11) is 3.21. The van der Waals surface area contributed by atoms with Crippen LogP contribution in [0.5, 0.6) is 11.5 Å². The number of carbonyl (C=O) groups excluding carboxylic acids is 1. The zero-order chi connectivity index (χ0) is 20.8. The van der Waals surface area contributed by atoms with Gasteiger partial charge in [0, 0.05) is 13.1 Å². The van der Waals surface area contributed by atoms with Crippen LogP contribution in [-0.4, -0.2) is 47.3 Å². The molecule has 0 radical (unpaired) electrons. The molecular formula is C22H25N3O3S. The number of para-hydroxylation sites is 2. The van der Waals surface area contributed by atoms with E-state index in [9.17, 15) is 4.79 Å². The Morgan fingerprint density at radius 2 is 1.72 bits per heavy atom. The Morgan fingerprint density at radius 1 is 1.03 bits per heavy atom. The quantitative estimate of drug-likeness (QED) is 0.520. The van der Waals surface area contributed by atoms with Crippen LogP contribution in [0, 0.1) is 6.92 Å². The first-order valence-electron chi connectivity index (χ1n) is 9.40. The van der Waals surface area contributed by atoms with Crippen LogP contribution in [0.4, 0.5) is 0 Å². The lowest BCUT2D eigenvalue weighted by atomic mass is 10.2. The Bertz CT molecular complexity index is 1010. The second kappa shape index (κ2) is 9.60. The van der Waals surface area contributed by atoms with Crippen LogP contribution < -0.4 is 9.47 Å². The van der Waals surface area contributed by atoms with E-state index in [2.05, 4.69) is 9.97 Å². The molecule has 7 heteroatoms. The van der Waals surface area contributed by atoms with E-state index in [-0.39, 0.29) is 5.91 Å². The monoisotopic (exact) mass is 411 g/mol. The molecule has 0 aliphatic carbocycles. The molecule has 2 aromatic carbocycles. The summed E-state index contributed by atoms with van der Waals surface area (Å²) in [6.45, 7) is 5.03. The molecule has 6 nitrogen and oxygen atoms in total. The van der Waals surface area contributed by atoms with Crippen molar-refractivity contribution in [3.05, 3.63) is 53.7 Å². The number of hydrogen-bond acceptors (Lipinski definition) is 6. The largest absolute Gasteiger partial charge is 0.493 e. The van der Waals surface area contributed by atoms with Gasteiger partial charge in [0.2, 0.25) is 5.91 Å². The summed E-state index contributed by atoms with van der Waals surface area (Å²) < 4.78 is 10.6. The lowest BCUT2D eigenvalue weighted by Crippen LogP contribution is -2.31. The van der Waals surface area contributed by atoms with E-state index >= 15 is 0 Å². The summed E-state index contributed by atoms with van der Waals surface area (Å²) in [4.78, 5) is 23.9. The molecule has 0 saturated heterocycles. The van der Waals surface area contributed by atoms with Gasteiger partial charge in [-0.05, 0) is 43.7 Å². The number of fused-ring (bicyclic) bond motifs is 1. The van der Waals surface area contributed by atoms with Gasteiger partial charge >= 0.3 is 0 Å². The molecule has 0 bridgehead atoms. The van der Waals surface area contributed by atoms with Crippen molar-refractivity contribution < 1.29 is 14.3 Å². The normalized spacial score (nSPS) is 10.8.